The van der Waals surface area contributed by atoms with Crippen molar-refractivity contribution >= 4 is 12.1 Å². The molecular formula is C12H15N3O2. The van der Waals surface area contributed by atoms with Crippen LogP contribution in [-0.2, 0) is 0 Å². The van der Waals surface area contributed by atoms with Gasteiger partial charge in [-0.2, -0.15) is 0 Å². The summed E-state index contributed by atoms with van der Waals surface area (Å²) in [5.41, 5.74) is 1.01. The molecule has 1 aliphatic rings. The second kappa shape index (κ2) is 4.86. The van der Waals surface area contributed by atoms with Gasteiger partial charge in [0.05, 0.1) is 6.04 Å². The molecule has 0 radical (unpaired) electrons. The number of hydrogen-bond acceptors (Lipinski definition) is 2. The predicted molar refractivity (Wildman–Crippen MR) is 63.5 cm³/mol. The Bertz CT molecular complexity index is 419. The lowest BCUT2D eigenvalue weighted by Gasteiger charge is -2.18. The summed E-state index contributed by atoms with van der Waals surface area (Å²) in [6, 6.07) is 8.84. The Kier molecular flexibility index (Phi) is 3.27. The standard InChI is InChI=1S/C12H15N3O2/c1-9(10-5-3-2-4-6-10)14-12(17)15-8-7-13-11(15)16/h2-6,9H,7-8H2,1H3,(H,13,16)(H,14,17). The molecule has 2 rings (SSSR count). The van der Waals surface area contributed by atoms with Crippen LogP contribution in [0.15, 0.2) is 30.3 Å². The van der Waals surface area contributed by atoms with E-state index in [1.54, 1.807) is 0 Å². The minimum absolute atomic E-state index is 0.114. The number of urea groups is 2. The highest BCUT2D eigenvalue weighted by Gasteiger charge is 2.26. The van der Waals surface area contributed by atoms with Crippen molar-refractivity contribution in [3.8, 4) is 0 Å². The van der Waals surface area contributed by atoms with Gasteiger partial charge in [0.1, 0.15) is 0 Å². The minimum atomic E-state index is -0.351. The summed E-state index contributed by atoms with van der Waals surface area (Å²) < 4.78 is 0. The molecular weight excluding hydrogens is 218 g/mol. The largest absolute Gasteiger partial charge is 0.336 e. The summed E-state index contributed by atoms with van der Waals surface area (Å²) >= 11 is 0. The molecule has 0 saturated carbocycles. The quantitative estimate of drug-likeness (QED) is 0.812. The van der Waals surface area contributed by atoms with Gasteiger partial charge in [-0.25, -0.2) is 14.5 Å². The fourth-order valence-electron chi connectivity index (χ4n) is 1.75. The third kappa shape index (κ3) is 2.55. The average Bonchev–Trinajstić information content (AvgIpc) is 2.76. The van der Waals surface area contributed by atoms with Crippen LogP contribution in [0.25, 0.3) is 0 Å². The highest BCUT2D eigenvalue weighted by atomic mass is 16.2. The number of amides is 4. The van der Waals surface area contributed by atoms with Crippen LogP contribution in [0.2, 0.25) is 0 Å². The Balaban J connectivity index is 1.97. The van der Waals surface area contributed by atoms with Crippen molar-refractivity contribution in [2.75, 3.05) is 13.1 Å². The van der Waals surface area contributed by atoms with Gasteiger partial charge in [-0.15, -0.1) is 0 Å². The molecule has 0 aliphatic carbocycles. The van der Waals surface area contributed by atoms with E-state index in [1.165, 1.54) is 4.90 Å². The molecule has 5 heteroatoms. The van der Waals surface area contributed by atoms with Crippen LogP contribution in [0.1, 0.15) is 18.5 Å². The maximum absolute atomic E-state index is 11.8. The van der Waals surface area contributed by atoms with Crippen molar-refractivity contribution in [3.63, 3.8) is 0 Å². The molecule has 1 aliphatic heterocycles. The smallest absolute Gasteiger partial charge is 0.326 e. The highest BCUT2D eigenvalue weighted by Crippen LogP contribution is 2.12. The Morgan fingerprint density at radius 3 is 2.71 bits per heavy atom. The van der Waals surface area contributed by atoms with E-state index >= 15 is 0 Å². The lowest BCUT2D eigenvalue weighted by atomic mass is 10.1. The monoisotopic (exact) mass is 233 g/mol. The average molecular weight is 233 g/mol. The maximum atomic E-state index is 11.8. The van der Waals surface area contributed by atoms with Gasteiger partial charge in [-0.1, -0.05) is 30.3 Å². The van der Waals surface area contributed by atoms with Gasteiger partial charge < -0.3 is 10.6 Å². The number of carbonyl (C=O) groups excluding carboxylic acids is 2. The Labute approximate surface area is 99.8 Å². The van der Waals surface area contributed by atoms with Gasteiger partial charge in [-0.3, -0.25) is 0 Å². The summed E-state index contributed by atoms with van der Waals surface area (Å²) in [5.74, 6) is 0. The second-order valence-corrected chi connectivity index (χ2v) is 3.97. The van der Waals surface area contributed by atoms with E-state index in [9.17, 15) is 9.59 Å². The van der Waals surface area contributed by atoms with Crippen molar-refractivity contribution in [2.24, 2.45) is 0 Å². The Morgan fingerprint density at radius 1 is 1.41 bits per heavy atom. The van der Waals surface area contributed by atoms with Gasteiger partial charge in [0.2, 0.25) is 0 Å². The van der Waals surface area contributed by atoms with E-state index < -0.39 is 0 Å². The van der Waals surface area contributed by atoms with Gasteiger partial charge in [0.25, 0.3) is 0 Å². The number of hydrogen-bond donors (Lipinski definition) is 2. The van der Waals surface area contributed by atoms with Gasteiger partial charge in [0, 0.05) is 13.1 Å². The van der Waals surface area contributed by atoms with Gasteiger partial charge in [-0.05, 0) is 12.5 Å². The van der Waals surface area contributed by atoms with Crippen LogP contribution in [0, 0.1) is 0 Å². The molecule has 1 aromatic rings. The Morgan fingerprint density at radius 2 is 2.12 bits per heavy atom. The fraction of sp³-hybridized carbons (Fsp3) is 0.333. The van der Waals surface area contributed by atoms with Crippen LogP contribution in [0.5, 0.6) is 0 Å². The molecule has 90 valence electrons. The Hall–Kier alpha value is -2.04. The van der Waals surface area contributed by atoms with Crippen LogP contribution in [0.4, 0.5) is 9.59 Å². The van der Waals surface area contributed by atoms with E-state index in [0.29, 0.717) is 13.1 Å². The molecule has 1 unspecified atom stereocenters. The lowest BCUT2D eigenvalue weighted by Crippen LogP contribution is -2.42. The highest BCUT2D eigenvalue weighted by molar-refractivity contribution is 5.95. The van der Waals surface area contributed by atoms with Gasteiger partial charge >= 0.3 is 12.1 Å². The summed E-state index contributed by atoms with van der Waals surface area (Å²) in [6.45, 7) is 2.83. The zero-order valence-electron chi connectivity index (χ0n) is 9.64. The van der Waals surface area contributed by atoms with Crippen LogP contribution in [-0.4, -0.2) is 30.1 Å². The first kappa shape index (κ1) is 11.4. The summed E-state index contributed by atoms with van der Waals surface area (Å²) in [7, 11) is 0. The number of carbonyl (C=O) groups is 2. The molecule has 0 bridgehead atoms. The fourth-order valence-corrected chi connectivity index (χ4v) is 1.75. The SMILES string of the molecule is CC(NC(=O)N1CCNC1=O)c1ccccc1. The van der Waals surface area contributed by atoms with E-state index in [0.717, 1.165) is 5.56 Å². The molecule has 0 spiro atoms. The zero-order valence-corrected chi connectivity index (χ0v) is 9.64. The summed E-state index contributed by atoms with van der Waals surface area (Å²) in [5, 5.41) is 5.38. The van der Waals surface area contributed by atoms with Crippen molar-refractivity contribution in [3.05, 3.63) is 35.9 Å². The van der Waals surface area contributed by atoms with E-state index in [1.807, 2.05) is 37.3 Å². The zero-order chi connectivity index (χ0) is 12.3. The van der Waals surface area contributed by atoms with Crippen molar-refractivity contribution in [2.45, 2.75) is 13.0 Å². The molecule has 1 fully saturated rings. The molecule has 17 heavy (non-hydrogen) atoms. The van der Waals surface area contributed by atoms with Crippen LogP contribution < -0.4 is 10.6 Å². The molecule has 5 nitrogen and oxygen atoms in total. The number of benzene rings is 1. The van der Waals surface area contributed by atoms with Crippen molar-refractivity contribution in [1.29, 1.82) is 0 Å². The molecule has 1 saturated heterocycles. The van der Waals surface area contributed by atoms with E-state index in [2.05, 4.69) is 10.6 Å². The third-order valence-corrected chi connectivity index (χ3v) is 2.74. The predicted octanol–water partition coefficient (Wildman–Crippen LogP) is 1.48. The van der Waals surface area contributed by atoms with Crippen LogP contribution in [0.3, 0.4) is 0 Å². The maximum Gasteiger partial charge on any atom is 0.326 e. The number of imide groups is 1. The lowest BCUT2D eigenvalue weighted by molar-refractivity contribution is 0.196. The number of nitrogens with zero attached hydrogens (tertiary/aromatic N) is 1. The molecule has 1 atom stereocenters. The molecule has 1 aromatic carbocycles. The molecule has 4 amide bonds. The van der Waals surface area contributed by atoms with Crippen molar-refractivity contribution < 1.29 is 9.59 Å². The second-order valence-electron chi connectivity index (χ2n) is 3.97. The topological polar surface area (TPSA) is 61.4 Å². The first-order valence-electron chi connectivity index (χ1n) is 5.59. The first-order chi connectivity index (χ1) is 8.18. The van der Waals surface area contributed by atoms with E-state index in [4.69, 9.17) is 0 Å². The summed E-state index contributed by atoms with van der Waals surface area (Å²) in [6.07, 6.45) is 0. The molecule has 1 heterocycles. The normalized spacial score (nSPS) is 16.5. The number of nitrogens with one attached hydrogen (secondary N) is 2. The molecule has 2 N–H and O–H groups in total. The number of rotatable bonds is 2. The van der Waals surface area contributed by atoms with E-state index in [-0.39, 0.29) is 18.1 Å². The molecule has 0 aromatic heterocycles. The summed E-state index contributed by atoms with van der Waals surface area (Å²) in [4.78, 5) is 24.3. The third-order valence-electron chi connectivity index (χ3n) is 2.74. The van der Waals surface area contributed by atoms with Crippen molar-refractivity contribution in [1.82, 2.24) is 15.5 Å². The van der Waals surface area contributed by atoms with Gasteiger partial charge in [0.15, 0.2) is 0 Å². The minimum Gasteiger partial charge on any atom is -0.336 e. The first-order valence-corrected chi connectivity index (χ1v) is 5.59. The van der Waals surface area contributed by atoms with Crippen LogP contribution >= 0.6 is 0 Å².